The molecule has 0 fully saturated rings. The Morgan fingerprint density at radius 3 is 2.52 bits per heavy atom. The molecule has 0 radical (unpaired) electrons. The molecule has 0 aliphatic carbocycles. The molecule has 2 aromatic rings. The van der Waals surface area contributed by atoms with Crippen LogP contribution in [0, 0.1) is 10.1 Å². The summed E-state index contributed by atoms with van der Waals surface area (Å²) in [4.78, 5) is 10.4. The highest BCUT2D eigenvalue weighted by Crippen LogP contribution is 2.26. The van der Waals surface area contributed by atoms with Crippen LogP contribution in [0.25, 0.3) is 0 Å². The fraction of sp³-hybridized carbons (Fsp3) is 0.200. The third kappa shape index (κ3) is 5.13. The van der Waals surface area contributed by atoms with Gasteiger partial charge in [-0.2, -0.15) is 0 Å². The van der Waals surface area contributed by atoms with Crippen LogP contribution in [-0.2, 0) is 16.4 Å². The van der Waals surface area contributed by atoms with E-state index in [1.54, 1.807) is 24.3 Å². The minimum atomic E-state index is -3.76. The van der Waals surface area contributed by atoms with Crippen LogP contribution in [0.1, 0.15) is 17.2 Å². The van der Waals surface area contributed by atoms with Crippen LogP contribution in [0.5, 0.6) is 0 Å². The number of rotatable bonds is 6. The molecule has 0 aliphatic heterocycles. The molecule has 2 aromatic carbocycles. The molecule has 0 spiro atoms. The van der Waals surface area contributed by atoms with Gasteiger partial charge in [0.05, 0.1) is 9.82 Å². The second-order valence-corrected chi connectivity index (χ2v) is 7.41. The average molecular weight is 406 g/mol. The maximum Gasteiger partial charge on any atom is 0.269 e. The zero-order chi connectivity index (χ0) is 17.9. The molecule has 0 amide bonds. The molecule has 0 aliphatic rings. The number of hydrogen-bond donors (Lipinski definition) is 2. The summed E-state index contributed by atoms with van der Waals surface area (Å²) in [6, 6.07) is 9.90. The summed E-state index contributed by atoms with van der Waals surface area (Å²) in [6.07, 6.45) is 0.109. The zero-order valence-corrected chi connectivity index (χ0v) is 15.6. The standard InChI is InChI=1S/C15H16ClN3O4S.ClH/c1-18-24(22,23)15-6-5-13(19(20)21)8-11(15)9-14(17)10-3-2-4-12(16)7-10;/h2-8,14,18H,9,17H2,1H3;1H/t14-;/m0./s1. The first-order valence-electron chi connectivity index (χ1n) is 6.96. The van der Waals surface area contributed by atoms with Crippen LogP contribution in [-0.4, -0.2) is 20.4 Å². The van der Waals surface area contributed by atoms with Crippen molar-refractivity contribution in [3.8, 4) is 0 Å². The number of non-ortho nitro benzene ring substituents is 1. The summed E-state index contributed by atoms with van der Waals surface area (Å²) < 4.78 is 26.5. The van der Waals surface area contributed by atoms with Crippen LogP contribution in [0.4, 0.5) is 5.69 Å². The zero-order valence-electron chi connectivity index (χ0n) is 13.2. The molecule has 25 heavy (non-hydrogen) atoms. The first-order chi connectivity index (χ1) is 11.2. The summed E-state index contributed by atoms with van der Waals surface area (Å²) in [5, 5.41) is 11.5. The highest BCUT2D eigenvalue weighted by molar-refractivity contribution is 7.89. The van der Waals surface area contributed by atoms with Crippen molar-refractivity contribution < 1.29 is 13.3 Å². The predicted molar refractivity (Wildman–Crippen MR) is 98.7 cm³/mol. The Labute approximate surface area is 156 Å². The molecular weight excluding hydrogens is 389 g/mol. The van der Waals surface area contributed by atoms with Crippen molar-refractivity contribution in [2.24, 2.45) is 5.73 Å². The summed E-state index contributed by atoms with van der Waals surface area (Å²) in [7, 11) is -2.49. The van der Waals surface area contributed by atoms with Crippen molar-refractivity contribution in [1.82, 2.24) is 4.72 Å². The van der Waals surface area contributed by atoms with Gasteiger partial charge in [-0.3, -0.25) is 10.1 Å². The number of hydrogen-bond acceptors (Lipinski definition) is 5. The van der Waals surface area contributed by atoms with Crippen LogP contribution >= 0.6 is 24.0 Å². The number of nitrogens with two attached hydrogens (primary N) is 1. The summed E-state index contributed by atoms with van der Waals surface area (Å²) in [6.45, 7) is 0. The summed E-state index contributed by atoms with van der Waals surface area (Å²) in [5.41, 5.74) is 6.92. The Kier molecular flexibility index (Phi) is 7.33. The van der Waals surface area contributed by atoms with Gasteiger partial charge in [-0.15, -0.1) is 12.4 Å². The molecule has 0 heterocycles. The number of benzene rings is 2. The molecule has 1 atom stereocenters. The molecule has 0 saturated heterocycles. The number of nitrogens with zero attached hydrogens (tertiary/aromatic N) is 1. The molecule has 0 saturated carbocycles. The Morgan fingerprint density at radius 1 is 1.28 bits per heavy atom. The maximum atomic E-state index is 12.1. The maximum absolute atomic E-state index is 12.1. The van der Waals surface area contributed by atoms with E-state index >= 15 is 0 Å². The highest BCUT2D eigenvalue weighted by Gasteiger charge is 2.22. The van der Waals surface area contributed by atoms with Crippen LogP contribution < -0.4 is 10.5 Å². The third-order valence-corrected chi connectivity index (χ3v) is 5.28. The quantitative estimate of drug-likeness (QED) is 0.565. The summed E-state index contributed by atoms with van der Waals surface area (Å²) >= 11 is 5.93. The lowest BCUT2D eigenvalue weighted by atomic mass is 9.99. The smallest absolute Gasteiger partial charge is 0.269 e. The lowest BCUT2D eigenvalue weighted by Gasteiger charge is -2.15. The van der Waals surface area contributed by atoms with Gasteiger partial charge < -0.3 is 5.73 Å². The Balaban J connectivity index is 0.00000312. The van der Waals surface area contributed by atoms with E-state index in [0.717, 1.165) is 6.07 Å². The van der Waals surface area contributed by atoms with Gasteiger partial charge in [-0.1, -0.05) is 23.7 Å². The van der Waals surface area contributed by atoms with Gasteiger partial charge >= 0.3 is 0 Å². The van der Waals surface area contributed by atoms with Crippen molar-refractivity contribution >= 4 is 39.7 Å². The minimum Gasteiger partial charge on any atom is -0.324 e. The first-order valence-corrected chi connectivity index (χ1v) is 8.82. The molecule has 0 bridgehead atoms. The monoisotopic (exact) mass is 405 g/mol. The van der Waals surface area contributed by atoms with Crippen LogP contribution in [0.2, 0.25) is 5.02 Å². The van der Waals surface area contributed by atoms with Crippen LogP contribution in [0.3, 0.4) is 0 Å². The van der Waals surface area contributed by atoms with Gasteiger partial charge in [0.1, 0.15) is 0 Å². The van der Waals surface area contributed by atoms with E-state index in [9.17, 15) is 18.5 Å². The molecule has 10 heteroatoms. The fourth-order valence-electron chi connectivity index (χ4n) is 2.30. The number of nitro groups is 1. The van der Waals surface area contributed by atoms with Gasteiger partial charge in [-0.25, -0.2) is 13.1 Å². The van der Waals surface area contributed by atoms with Gasteiger partial charge in [0, 0.05) is 23.2 Å². The Morgan fingerprint density at radius 2 is 1.96 bits per heavy atom. The van der Waals surface area contributed by atoms with Crippen molar-refractivity contribution in [2.45, 2.75) is 17.4 Å². The molecule has 7 nitrogen and oxygen atoms in total. The summed E-state index contributed by atoms with van der Waals surface area (Å²) in [5.74, 6) is 0. The van der Waals surface area contributed by atoms with E-state index in [-0.39, 0.29) is 35.0 Å². The van der Waals surface area contributed by atoms with Gasteiger partial charge in [0.2, 0.25) is 10.0 Å². The predicted octanol–water partition coefficient (Wildman–Crippen LogP) is 2.82. The van der Waals surface area contributed by atoms with Crippen molar-refractivity contribution in [3.63, 3.8) is 0 Å². The van der Waals surface area contributed by atoms with Crippen molar-refractivity contribution in [1.29, 1.82) is 0 Å². The highest BCUT2D eigenvalue weighted by atomic mass is 35.5. The van der Waals surface area contributed by atoms with Gasteiger partial charge in [0.15, 0.2) is 0 Å². The SMILES string of the molecule is CNS(=O)(=O)c1ccc([N+](=O)[O-])cc1C[C@H](N)c1cccc(Cl)c1.Cl. The Bertz CT molecular complexity index is 875. The first kappa shape index (κ1) is 21.3. The molecule has 0 aromatic heterocycles. The van der Waals surface area contributed by atoms with Gasteiger partial charge in [-0.05, 0) is 42.8 Å². The van der Waals surface area contributed by atoms with E-state index in [1.165, 1.54) is 19.2 Å². The van der Waals surface area contributed by atoms with E-state index in [4.69, 9.17) is 17.3 Å². The second-order valence-electron chi connectivity index (χ2n) is 5.12. The number of nitro benzene ring substituents is 1. The lowest BCUT2D eigenvalue weighted by molar-refractivity contribution is -0.385. The fourth-order valence-corrected chi connectivity index (χ4v) is 3.46. The normalized spacial score (nSPS) is 12.3. The lowest BCUT2D eigenvalue weighted by Crippen LogP contribution is -2.22. The topological polar surface area (TPSA) is 115 Å². The molecule has 0 unspecified atom stereocenters. The molecule has 136 valence electrons. The largest absolute Gasteiger partial charge is 0.324 e. The minimum absolute atomic E-state index is 0. The third-order valence-electron chi connectivity index (χ3n) is 3.53. The van der Waals surface area contributed by atoms with E-state index in [1.807, 2.05) is 0 Å². The Hall–Kier alpha value is -1.71. The molecule has 3 N–H and O–H groups in total. The van der Waals surface area contributed by atoms with Gasteiger partial charge in [0.25, 0.3) is 5.69 Å². The number of halogens is 2. The number of sulfonamides is 1. The van der Waals surface area contributed by atoms with E-state index in [0.29, 0.717) is 10.6 Å². The van der Waals surface area contributed by atoms with E-state index < -0.39 is 21.0 Å². The van der Waals surface area contributed by atoms with Crippen LogP contribution in [0.15, 0.2) is 47.4 Å². The van der Waals surface area contributed by atoms with E-state index in [2.05, 4.69) is 4.72 Å². The van der Waals surface area contributed by atoms with Crippen molar-refractivity contribution in [3.05, 3.63) is 68.7 Å². The van der Waals surface area contributed by atoms with Crippen molar-refractivity contribution in [2.75, 3.05) is 7.05 Å². The second kappa shape index (κ2) is 8.59. The molecular formula is C15H17Cl2N3O4S. The molecule has 2 rings (SSSR count). The number of nitrogens with one attached hydrogen (secondary N) is 1. The average Bonchev–Trinajstić information content (AvgIpc) is 2.54.